The lowest BCUT2D eigenvalue weighted by atomic mass is 10.0. The molecule has 2 N–H and O–H groups in total. The summed E-state index contributed by atoms with van der Waals surface area (Å²) in [6.07, 6.45) is 1.08. The number of hydrogen-bond acceptors (Lipinski definition) is 3. The highest BCUT2D eigenvalue weighted by atomic mass is 32.2. The minimum Gasteiger partial charge on any atom is -0.324 e. The van der Waals surface area contributed by atoms with Crippen molar-refractivity contribution >= 4 is 11.8 Å². The van der Waals surface area contributed by atoms with Gasteiger partial charge in [0.05, 0.1) is 0 Å². The number of benzene rings is 1. The molecule has 0 bridgehead atoms. The molecule has 0 saturated carbocycles. The summed E-state index contributed by atoms with van der Waals surface area (Å²) >= 11 is 2.10. The van der Waals surface area contributed by atoms with E-state index in [-0.39, 0.29) is 6.04 Å². The van der Waals surface area contributed by atoms with E-state index in [1.807, 2.05) is 0 Å². The van der Waals surface area contributed by atoms with E-state index in [1.165, 1.54) is 23.4 Å². The van der Waals surface area contributed by atoms with E-state index in [0.29, 0.717) is 12.1 Å². The largest absolute Gasteiger partial charge is 0.324 e. The minimum absolute atomic E-state index is 0.225. The highest BCUT2D eigenvalue weighted by Crippen LogP contribution is 2.43. The van der Waals surface area contributed by atoms with Crippen LogP contribution >= 0.6 is 11.8 Å². The van der Waals surface area contributed by atoms with Crippen molar-refractivity contribution in [1.29, 1.82) is 0 Å². The van der Waals surface area contributed by atoms with Crippen LogP contribution in [-0.2, 0) is 0 Å². The number of nitrogens with zero attached hydrogens (tertiary/aromatic N) is 1. The first-order valence-corrected chi connectivity index (χ1v) is 7.95. The Hall–Kier alpha value is -0.510. The van der Waals surface area contributed by atoms with Crippen LogP contribution in [0, 0.1) is 0 Å². The molecule has 4 atom stereocenters. The normalized spacial score (nSPS) is 36.6. The van der Waals surface area contributed by atoms with Gasteiger partial charge in [-0.05, 0) is 24.5 Å². The van der Waals surface area contributed by atoms with Gasteiger partial charge in [-0.25, -0.2) is 0 Å². The van der Waals surface area contributed by atoms with Crippen molar-refractivity contribution in [1.82, 2.24) is 4.90 Å². The van der Waals surface area contributed by atoms with Crippen molar-refractivity contribution < 1.29 is 0 Å². The van der Waals surface area contributed by atoms with Crippen LogP contribution in [0.15, 0.2) is 24.3 Å². The Balaban J connectivity index is 1.90. The molecule has 3 heteroatoms. The minimum atomic E-state index is 0.225. The van der Waals surface area contributed by atoms with Crippen LogP contribution in [-0.4, -0.2) is 28.5 Å². The van der Waals surface area contributed by atoms with Crippen LogP contribution < -0.4 is 5.73 Å². The molecule has 1 aliphatic carbocycles. The third-order valence-corrected chi connectivity index (χ3v) is 5.90. The first kappa shape index (κ1) is 12.5. The summed E-state index contributed by atoms with van der Waals surface area (Å²) in [5, 5.41) is 0.725. The maximum Gasteiger partial charge on any atom is 0.0373 e. The summed E-state index contributed by atoms with van der Waals surface area (Å²) in [6.45, 7) is 5.91. The zero-order valence-electron chi connectivity index (χ0n) is 11.2. The fourth-order valence-corrected chi connectivity index (χ4v) is 4.48. The molecule has 0 amide bonds. The average Bonchev–Trinajstić information content (AvgIpc) is 2.71. The Morgan fingerprint density at radius 1 is 1.22 bits per heavy atom. The maximum absolute atomic E-state index is 6.29. The van der Waals surface area contributed by atoms with Crippen molar-refractivity contribution in [2.45, 2.75) is 43.6 Å². The quantitative estimate of drug-likeness (QED) is 0.843. The van der Waals surface area contributed by atoms with E-state index in [1.54, 1.807) is 0 Å². The van der Waals surface area contributed by atoms with Crippen molar-refractivity contribution in [3.05, 3.63) is 35.4 Å². The zero-order chi connectivity index (χ0) is 12.7. The Labute approximate surface area is 114 Å². The smallest absolute Gasteiger partial charge is 0.0373 e. The molecule has 1 aromatic carbocycles. The molecule has 2 nitrogen and oxygen atoms in total. The molecule has 98 valence electrons. The number of fused-ring (bicyclic) bond motifs is 1. The molecule has 0 spiro atoms. The first-order valence-electron chi connectivity index (χ1n) is 6.90. The summed E-state index contributed by atoms with van der Waals surface area (Å²) in [5.74, 6) is 1.25. The molecule has 0 radical (unpaired) electrons. The molecule has 18 heavy (non-hydrogen) atoms. The molecule has 1 aliphatic heterocycles. The van der Waals surface area contributed by atoms with Crippen LogP contribution in [0.3, 0.4) is 0 Å². The van der Waals surface area contributed by atoms with Gasteiger partial charge in [-0.15, -0.1) is 0 Å². The highest BCUT2D eigenvalue weighted by Gasteiger charge is 2.37. The molecule has 1 aromatic rings. The van der Waals surface area contributed by atoms with Gasteiger partial charge >= 0.3 is 0 Å². The molecular weight excluding hydrogens is 240 g/mol. The average molecular weight is 262 g/mol. The fraction of sp³-hybridized carbons (Fsp3) is 0.600. The fourth-order valence-electron chi connectivity index (χ4n) is 3.36. The molecule has 1 heterocycles. The van der Waals surface area contributed by atoms with Crippen LogP contribution in [0.1, 0.15) is 43.5 Å². The lowest BCUT2D eigenvalue weighted by Crippen LogP contribution is -2.46. The standard InChI is InChI=1S/C15H22N2S/c1-10-11(2)18-8-7-17(10)15-9-14(16)12-5-3-4-6-13(12)15/h3-6,10-11,14-15H,7-9,16H2,1-2H3. The molecule has 2 aliphatic rings. The van der Waals surface area contributed by atoms with Gasteiger partial charge in [0, 0.05) is 35.7 Å². The van der Waals surface area contributed by atoms with Gasteiger partial charge in [-0.2, -0.15) is 11.8 Å². The third-order valence-electron chi connectivity index (χ3n) is 4.56. The van der Waals surface area contributed by atoms with Crippen LogP contribution in [0.25, 0.3) is 0 Å². The summed E-state index contributed by atoms with van der Waals surface area (Å²) < 4.78 is 0. The maximum atomic E-state index is 6.29. The predicted molar refractivity (Wildman–Crippen MR) is 78.8 cm³/mol. The topological polar surface area (TPSA) is 29.3 Å². The lowest BCUT2D eigenvalue weighted by molar-refractivity contribution is 0.143. The Morgan fingerprint density at radius 3 is 2.72 bits per heavy atom. The van der Waals surface area contributed by atoms with Crippen molar-refractivity contribution in [2.75, 3.05) is 12.3 Å². The summed E-state index contributed by atoms with van der Waals surface area (Å²) in [5.41, 5.74) is 9.12. The zero-order valence-corrected chi connectivity index (χ0v) is 12.0. The monoisotopic (exact) mass is 262 g/mol. The third kappa shape index (κ3) is 1.98. The van der Waals surface area contributed by atoms with E-state index in [0.717, 1.165) is 11.7 Å². The highest BCUT2D eigenvalue weighted by molar-refractivity contribution is 8.00. The van der Waals surface area contributed by atoms with E-state index in [2.05, 4.69) is 54.8 Å². The predicted octanol–water partition coefficient (Wildman–Crippen LogP) is 2.96. The van der Waals surface area contributed by atoms with E-state index < -0.39 is 0 Å². The molecule has 3 rings (SSSR count). The molecule has 1 fully saturated rings. The van der Waals surface area contributed by atoms with Crippen molar-refractivity contribution in [3.8, 4) is 0 Å². The second-order valence-corrected chi connectivity index (χ2v) is 7.03. The van der Waals surface area contributed by atoms with Gasteiger partial charge in [0.15, 0.2) is 0 Å². The number of nitrogens with two attached hydrogens (primary N) is 1. The Bertz CT molecular complexity index is 434. The van der Waals surface area contributed by atoms with E-state index >= 15 is 0 Å². The second-order valence-electron chi connectivity index (χ2n) is 5.54. The van der Waals surface area contributed by atoms with Gasteiger partial charge in [0.2, 0.25) is 0 Å². The molecule has 4 unspecified atom stereocenters. The van der Waals surface area contributed by atoms with Gasteiger partial charge in [0.1, 0.15) is 0 Å². The van der Waals surface area contributed by atoms with Gasteiger partial charge in [-0.3, -0.25) is 4.90 Å². The lowest BCUT2D eigenvalue weighted by Gasteiger charge is -2.41. The number of thioether (sulfide) groups is 1. The second kappa shape index (κ2) is 4.87. The summed E-state index contributed by atoms with van der Waals surface area (Å²) in [4.78, 5) is 2.67. The Kier molecular flexibility index (Phi) is 3.39. The van der Waals surface area contributed by atoms with Gasteiger partial charge < -0.3 is 5.73 Å². The summed E-state index contributed by atoms with van der Waals surface area (Å²) in [7, 11) is 0. The molecular formula is C15H22N2S. The van der Waals surface area contributed by atoms with Gasteiger partial charge in [0.25, 0.3) is 0 Å². The van der Waals surface area contributed by atoms with E-state index in [9.17, 15) is 0 Å². The van der Waals surface area contributed by atoms with Crippen LogP contribution in [0.4, 0.5) is 0 Å². The first-order chi connectivity index (χ1) is 8.68. The SMILES string of the molecule is CC1SCCN(C2CC(N)c3ccccc32)C1C. The summed E-state index contributed by atoms with van der Waals surface area (Å²) in [6, 6.07) is 10.1. The Morgan fingerprint density at radius 2 is 1.94 bits per heavy atom. The van der Waals surface area contributed by atoms with Gasteiger partial charge in [-0.1, -0.05) is 31.2 Å². The van der Waals surface area contributed by atoms with Crippen molar-refractivity contribution in [2.24, 2.45) is 5.73 Å². The van der Waals surface area contributed by atoms with Crippen LogP contribution in [0.2, 0.25) is 0 Å². The van der Waals surface area contributed by atoms with E-state index in [4.69, 9.17) is 5.73 Å². The molecule has 1 saturated heterocycles. The number of hydrogen-bond donors (Lipinski definition) is 1. The number of rotatable bonds is 1. The molecule has 0 aromatic heterocycles. The van der Waals surface area contributed by atoms with Crippen molar-refractivity contribution in [3.63, 3.8) is 0 Å². The van der Waals surface area contributed by atoms with Crippen LogP contribution in [0.5, 0.6) is 0 Å².